The summed E-state index contributed by atoms with van der Waals surface area (Å²) in [4.78, 5) is 38.4. The molecule has 1 aromatic rings. The molecule has 0 fully saturated rings. The molecule has 5 N–H and O–H groups in total. The fraction of sp³-hybridized carbons (Fsp3) is 0.500. The van der Waals surface area contributed by atoms with E-state index in [1.54, 1.807) is 0 Å². The summed E-state index contributed by atoms with van der Waals surface area (Å²) in [6.45, 7) is 8.12. The van der Waals surface area contributed by atoms with Gasteiger partial charge in [-0.1, -0.05) is 13.8 Å². The summed E-state index contributed by atoms with van der Waals surface area (Å²) in [7, 11) is 0. The summed E-state index contributed by atoms with van der Waals surface area (Å²) >= 11 is 0. The number of nitrogens with two attached hydrogens (primary N) is 1. The maximum absolute atomic E-state index is 11.7. The molecule has 1 rings (SSSR count). The second-order valence-corrected chi connectivity index (χ2v) is 6.18. The van der Waals surface area contributed by atoms with Gasteiger partial charge in [-0.05, 0) is 25.3 Å². The van der Waals surface area contributed by atoms with E-state index < -0.39 is 16.8 Å². The molecule has 0 spiro atoms. The summed E-state index contributed by atoms with van der Waals surface area (Å²) in [6, 6.07) is 0. The van der Waals surface area contributed by atoms with Gasteiger partial charge in [-0.25, -0.2) is 4.79 Å². The zero-order valence-corrected chi connectivity index (χ0v) is 12.7. The van der Waals surface area contributed by atoms with E-state index in [0.29, 0.717) is 6.54 Å². The Kier molecular flexibility index (Phi) is 4.90. The molecule has 116 valence electrons. The van der Waals surface area contributed by atoms with E-state index in [2.05, 4.69) is 15.3 Å². The summed E-state index contributed by atoms with van der Waals surface area (Å²) in [5, 5.41) is 2.74. The van der Waals surface area contributed by atoms with Crippen molar-refractivity contribution in [3.63, 3.8) is 0 Å². The van der Waals surface area contributed by atoms with Crippen LogP contribution in [-0.4, -0.2) is 28.0 Å². The number of carbonyl (C=O) groups excluding carboxylic acids is 1. The van der Waals surface area contributed by atoms with Crippen molar-refractivity contribution in [2.75, 3.05) is 6.54 Å². The molecule has 0 radical (unpaired) electrons. The minimum absolute atomic E-state index is 0.197. The van der Waals surface area contributed by atoms with Crippen LogP contribution in [0.4, 0.5) is 0 Å². The van der Waals surface area contributed by atoms with Crippen molar-refractivity contribution in [2.45, 2.75) is 33.2 Å². The molecule has 0 aliphatic carbocycles. The molecule has 0 saturated heterocycles. The first-order chi connectivity index (χ1) is 9.53. The number of hydrogen-bond acceptors (Lipinski definition) is 4. The third-order valence-electron chi connectivity index (χ3n) is 3.71. The standard InChI is InChI=1S/C14H22N4O3/c1-13(2,14(3,4)15)8-17-10(19)6-5-9-7-16-12(21)18-11(9)20/h5-7H,8,15H2,1-4H3,(H,17,19)(H2,16,18,20,21)/b6-5+. The van der Waals surface area contributed by atoms with E-state index in [9.17, 15) is 14.4 Å². The Balaban J connectivity index is 2.68. The molecule has 7 heteroatoms. The first-order valence-corrected chi connectivity index (χ1v) is 6.60. The van der Waals surface area contributed by atoms with Gasteiger partial charge in [0.25, 0.3) is 5.56 Å². The smallest absolute Gasteiger partial charge is 0.325 e. The number of nitrogens with one attached hydrogen (secondary N) is 3. The van der Waals surface area contributed by atoms with Gasteiger partial charge < -0.3 is 16.0 Å². The highest BCUT2D eigenvalue weighted by Crippen LogP contribution is 2.26. The maximum atomic E-state index is 11.7. The zero-order chi connectivity index (χ0) is 16.3. The summed E-state index contributed by atoms with van der Waals surface area (Å²) in [6.07, 6.45) is 3.82. The van der Waals surface area contributed by atoms with Crippen molar-refractivity contribution in [3.8, 4) is 0 Å². The molecule has 1 aromatic heterocycles. The van der Waals surface area contributed by atoms with E-state index in [1.807, 2.05) is 27.7 Å². The number of aromatic nitrogens is 2. The summed E-state index contributed by atoms with van der Waals surface area (Å²) in [5.74, 6) is -0.335. The lowest BCUT2D eigenvalue weighted by Gasteiger charge is -2.38. The third-order valence-corrected chi connectivity index (χ3v) is 3.71. The van der Waals surface area contributed by atoms with E-state index >= 15 is 0 Å². The first-order valence-electron chi connectivity index (χ1n) is 6.60. The van der Waals surface area contributed by atoms with Gasteiger partial charge in [0.2, 0.25) is 5.91 Å². The Bertz CT molecular complexity index is 647. The monoisotopic (exact) mass is 294 g/mol. The Labute approximate surface area is 122 Å². The molecule has 1 amide bonds. The highest BCUT2D eigenvalue weighted by atomic mass is 16.2. The number of rotatable bonds is 5. The van der Waals surface area contributed by atoms with Crippen LogP contribution in [0.3, 0.4) is 0 Å². The Hall–Kier alpha value is -2.15. The SMILES string of the molecule is CC(C)(N)C(C)(C)CNC(=O)/C=C/c1c[nH]c(=O)[nH]c1=O. The van der Waals surface area contributed by atoms with Gasteiger partial charge in [-0.3, -0.25) is 14.6 Å². The third kappa shape index (κ3) is 4.71. The van der Waals surface area contributed by atoms with Crippen LogP contribution in [0.25, 0.3) is 6.08 Å². The lowest BCUT2D eigenvalue weighted by molar-refractivity contribution is -0.117. The van der Waals surface area contributed by atoms with Gasteiger partial charge in [-0.2, -0.15) is 0 Å². The largest absolute Gasteiger partial charge is 0.352 e. The van der Waals surface area contributed by atoms with Crippen molar-refractivity contribution in [2.24, 2.45) is 11.1 Å². The lowest BCUT2D eigenvalue weighted by atomic mass is 9.75. The molecule has 1 heterocycles. The van der Waals surface area contributed by atoms with Crippen molar-refractivity contribution in [3.05, 3.63) is 38.7 Å². The maximum Gasteiger partial charge on any atom is 0.325 e. The van der Waals surface area contributed by atoms with Gasteiger partial charge in [-0.15, -0.1) is 0 Å². The van der Waals surface area contributed by atoms with Gasteiger partial charge in [0, 0.05) is 24.4 Å². The van der Waals surface area contributed by atoms with Crippen molar-refractivity contribution in [1.82, 2.24) is 15.3 Å². The molecular weight excluding hydrogens is 272 g/mol. The molecular formula is C14H22N4O3. The molecule has 0 aromatic carbocycles. The Morgan fingerprint density at radius 1 is 1.33 bits per heavy atom. The van der Waals surface area contributed by atoms with Crippen LogP contribution in [0.2, 0.25) is 0 Å². The van der Waals surface area contributed by atoms with Crippen molar-refractivity contribution in [1.29, 1.82) is 0 Å². The fourth-order valence-electron chi connectivity index (χ4n) is 1.30. The predicted octanol–water partition coefficient (Wildman–Crippen LogP) is -0.0439. The quantitative estimate of drug-likeness (QED) is 0.569. The first kappa shape index (κ1) is 16.9. The average molecular weight is 294 g/mol. The second-order valence-electron chi connectivity index (χ2n) is 6.18. The van der Waals surface area contributed by atoms with Crippen LogP contribution >= 0.6 is 0 Å². The molecule has 0 bridgehead atoms. The normalized spacial score (nSPS) is 12.6. The van der Waals surface area contributed by atoms with Crippen LogP contribution in [0.1, 0.15) is 33.3 Å². The molecule has 0 atom stereocenters. The van der Waals surface area contributed by atoms with Gasteiger partial charge in [0.15, 0.2) is 0 Å². The summed E-state index contributed by atoms with van der Waals surface area (Å²) in [5.41, 5.74) is 4.38. The van der Waals surface area contributed by atoms with Crippen LogP contribution in [0.15, 0.2) is 21.9 Å². The fourth-order valence-corrected chi connectivity index (χ4v) is 1.30. The van der Waals surface area contributed by atoms with E-state index in [4.69, 9.17) is 5.73 Å². The molecule has 0 aliphatic rings. The Morgan fingerprint density at radius 3 is 2.48 bits per heavy atom. The number of amides is 1. The number of carbonyl (C=O) groups is 1. The van der Waals surface area contributed by atoms with Crippen molar-refractivity contribution >= 4 is 12.0 Å². The highest BCUT2D eigenvalue weighted by molar-refractivity contribution is 5.91. The summed E-state index contributed by atoms with van der Waals surface area (Å²) < 4.78 is 0. The molecule has 0 saturated carbocycles. The highest BCUT2D eigenvalue weighted by Gasteiger charge is 2.33. The molecule has 21 heavy (non-hydrogen) atoms. The van der Waals surface area contributed by atoms with Crippen LogP contribution in [0, 0.1) is 5.41 Å². The minimum Gasteiger partial charge on any atom is -0.352 e. The van der Waals surface area contributed by atoms with E-state index in [1.165, 1.54) is 18.3 Å². The topological polar surface area (TPSA) is 121 Å². The van der Waals surface area contributed by atoms with Gasteiger partial charge in [0.1, 0.15) is 0 Å². The number of H-pyrrole nitrogens is 2. The molecule has 7 nitrogen and oxygen atoms in total. The molecule has 0 unspecified atom stereocenters. The lowest BCUT2D eigenvalue weighted by Crippen LogP contribution is -2.52. The van der Waals surface area contributed by atoms with Gasteiger partial charge in [0.05, 0.1) is 5.56 Å². The zero-order valence-electron chi connectivity index (χ0n) is 12.7. The number of hydrogen-bond donors (Lipinski definition) is 4. The van der Waals surface area contributed by atoms with Gasteiger partial charge >= 0.3 is 5.69 Å². The van der Waals surface area contributed by atoms with Crippen LogP contribution in [-0.2, 0) is 4.79 Å². The number of aromatic amines is 2. The minimum atomic E-state index is -0.589. The van der Waals surface area contributed by atoms with E-state index in [-0.39, 0.29) is 16.9 Å². The van der Waals surface area contributed by atoms with Crippen LogP contribution < -0.4 is 22.3 Å². The predicted molar refractivity (Wildman–Crippen MR) is 81.8 cm³/mol. The second kappa shape index (κ2) is 6.09. The average Bonchev–Trinajstić information content (AvgIpc) is 2.34. The Morgan fingerprint density at radius 2 is 1.95 bits per heavy atom. The molecule has 0 aliphatic heterocycles. The van der Waals surface area contributed by atoms with Crippen LogP contribution in [0.5, 0.6) is 0 Å². The van der Waals surface area contributed by atoms with E-state index in [0.717, 1.165) is 0 Å². The van der Waals surface area contributed by atoms with Crippen molar-refractivity contribution < 1.29 is 4.79 Å².